The average molecular weight is 251 g/mol. The minimum Gasteiger partial charge on any atom is -0.398 e. The van der Waals surface area contributed by atoms with Crippen molar-refractivity contribution in [3.05, 3.63) is 29.6 Å². The average Bonchev–Trinajstić information content (AvgIpc) is 2.51. The van der Waals surface area contributed by atoms with Gasteiger partial charge in [-0.2, -0.15) is 0 Å². The molecule has 18 heavy (non-hydrogen) atoms. The molecule has 1 fully saturated rings. The van der Waals surface area contributed by atoms with Gasteiger partial charge in [-0.25, -0.2) is 9.18 Å². The first-order valence-electron chi connectivity index (χ1n) is 5.10. The van der Waals surface area contributed by atoms with E-state index in [-0.39, 0.29) is 17.8 Å². The van der Waals surface area contributed by atoms with E-state index in [1.807, 2.05) is 0 Å². The van der Waals surface area contributed by atoms with Gasteiger partial charge in [-0.3, -0.25) is 19.4 Å². The number of carbonyl (C=O) groups is 3. The molecule has 0 unspecified atom stereocenters. The van der Waals surface area contributed by atoms with Crippen LogP contribution in [0.5, 0.6) is 0 Å². The molecule has 94 valence electrons. The molecule has 7 heteroatoms. The Hall–Kier alpha value is -2.44. The maximum absolute atomic E-state index is 13.5. The molecule has 1 aliphatic rings. The first-order valence-corrected chi connectivity index (χ1v) is 5.10. The number of imide groups is 2. The van der Waals surface area contributed by atoms with E-state index in [0.29, 0.717) is 9.80 Å². The minimum absolute atomic E-state index is 0.0160. The summed E-state index contributed by atoms with van der Waals surface area (Å²) in [6.45, 7) is -0.355. The highest BCUT2D eigenvalue weighted by atomic mass is 19.1. The zero-order valence-electron chi connectivity index (χ0n) is 9.51. The van der Waals surface area contributed by atoms with E-state index in [1.165, 1.54) is 25.2 Å². The van der Waals surface area contributed by atoms with Crippen molar-refractivity contribution < 1.29 is 18.8 Å². The monoisotopic (exact) mass is 251 g/mol. The summed E-state index contributed by atoms with van der Waals surface area (Å²) in [6, 6.07) is 3.25. The Morgan fingerprint density at radius 2 is 1.89 bits per heavy atom. The van der Waals surface area contributed by atoms with Gasteiger partial charge in [0.15, 0.2) is 0 Å². The zero-order valence-corrected chi connectivity index (χ0v) is 9.51. The molecule has 0 aliphatic carbocycles. The van der Waals surface area contributed by atoms with E-state index in [2.05, 4.69) is 0 Å². The first-order chi connectivity index (χ1) is 8.43. The van der Waals surface area contributed by atoms with E-state index in [0.717, 1.165) is 0 Å². The number of nitrogens with two attached hydrogens (primary N) is 1. The molecule has 1 aromatic rings. The van der Waals surface area contributed by atoms with Gasteiger partial charge in [0.25, 0.3) is 0 Å². The summed E-state index contributed by atoms with van der Waals surface area (Å²) in [5, 5.41) is 0. The van der Waals surface area contributed by atoms with Crippen LogP contribution in [0.3, 0.4) is 0 Å². The molecule has 1 aromatic carbocycles. The van der Waals surface area contributed by atoms with E-state index in [4.69, 9.17) is 5.73 Å². The molecule has 0 spiro atoms. The van der Waals surface area contributed by atoms with Crippen LogP contribution >= 0.6 is 0 Å². The van der Waals surface area contributed by atoms with Crippen molar-refractivity contribution in [1.29, 1.82) is 0 Å². The third kappa shape index (κ3) is 1.69. The standard InChI is InChI=1S/C11H10FN3O3/c1-14-9(16)10(17)15(11(14)18)5-6-7(12)3-2-4-8(6)13/h2-4H,5,13H2,1H3. The first kappa shape index (κ1) is 12.0. The number of anilines is 1. The van der Waals surface area contributed by atoms with Crippen molar-refractivity contribution in [3.8, 4) is 0 Å². The lowest BCUT2D eigenvalue weighted by Gasteiger charge is -2.14. The molecule has 1 heterocycles. The number of nitrogens with zero attached hydrogens (tertiary/aromatic N) is 2. The van der Waals surface area contributed by atoms with Crippen molar-refractivity contribution in [1.82, 2.24) is 9.80 Å². The van der Waals surface area contributed by atoms with Crippen molar-refractivity contribution in [2.24, 2.45) is 0 Å². The van der Waals surface area contributed by atoms with Crippen molar-refractivity contribution >= 4 is 23.5 Å². The molecule has 4 amide bonds. The van der Waals surface area contributed by atoms with Crippen LogP contribution in [0.1, 0.15) is 5.56 Å². The molecule has 0 atom stereocenters. The van der Waals surface area contributed by atoms with Gasteiger partial charge in [-0.15, -0.1) is 0 Å². The van der Waals surface area contributed by atoms with Gasteiger partial charge in [0.05, 0.1) is 6.54 Å². The van der Waals surface area contributed by atoms with Gasteiger partial charge >= 0.3 is 17.8 Å². The largest absolute Gasteiger partial charge is 0.398 e. The Morgan fingerprint density at radius 3 is 2.39 bits per heavy atom. The molecule has 0 aromatic heterocycles. The fourth-order valence-corrected chi connectivity index (χ4v) is 1.65. The van der Waals surface area contributed by atoms with Crippen LogP contribution in [0.2, 0.25) is 0 Å². The second-order valence-electron chi connectivity index (χ2n) is 3.85. The van der Waals surface area contributed by atoms with Crippen molar-refractivity contribution in [2.45, 2.75) is 6.54 Å². The Labute approximate surface area is 102 Å². The van der Waals surface area contributed by atoms with Crippen LogP contribution in [-0.2, 0) is 16.1 Å². The fourth-order valence-electron chi connectivity index (χ4n) is 1.65. The molecular formula is C11H10FN3O3. The van der Waals surface area contributed by atoms with Gasteiger partial charge in [-0.1, -0.05) is 6.07 Å². The summed E-state index contributed by atoms with van der Waals surface area (Å²) in [5.74, 6) is -2.54. The summed E-state index contributed by atoms with van der Waals surface area (Å²) in [5.41, 5.74) is 5.71. The van der Waals surface area contributed by atoms with E-state index in [9.17, 15) is 18.8 Å². The number of nitrogen functional groups attached to an aromatic ring is 1. The Morgan fingerprint density at radius 1 is 1.22 bits per heavy atom. The highest BCUT2D eigenvalue weighted by molar-refractivity contribution is 6.44. The van der Waals surface area contributed by atoms with Gasteiger partial charge in [0, 0.05) is 18.3 Å². The minimum atomic E-state index is -0.981. The number of amides is 4. The maximum Gasteiger partial charge on any atom is 0.334 e. The van der Waals surface area contributed by atoms with Gasteiger partial charge in [0.1, 0.15) is 5.82 Å². The molecule has 0 radical (unpaired) electrons. The number of carbonyl (C=O) groups excluding carboxylic acids is 3. The predicted molar refractivity (Wildman–Crippen MR) is 59.5 cm³/mol. The highest BCUT2D eigenvalue weighted by Crippen LogP contribution is 2.21. The van der Waals surface area contributed by atoms with E-state index >= 15 is 0 Å². The fraction of sp³-hybridized carbons (Fsp3) is 0.182. The lowest BCUT2D eigenvalue weighted by atomic mass is 10.1. The van der Waals surface area contributed by atoms with E-state index in [1.54, 1.807) is 0 Å². The SMILES string of the molecule is CN1C(=O)C(=O)N(Cc2c(N)cccc2F)C1=O. The van der Waals surface area contributed by atoms with Gasteiger partial charge in [-0.05, 0) is 12.1 Å². The van der Waals surface area contributed by atoms with Crippen LogP contribution in [0.15, 0.2) is 18.2 Å². The summed E-state index contributed by atoms with van der Waals surface area (Å²) in [7, 11) is 1.19. The second-order valence-corrected chi connectivity index (χ2v) is 3.85. The summed E-state index contributed by atoms with van der Waals surface area (Å²) in [6.07, 6.45) is 0. The number of benzene rings is 1. The summed E-state index contributed by atoms with van der Waals surface area (Å²) in [4.78, 5) is 35.7. The zero-order chi connectivity index (χ0) is 13.4. The number of hydrogen-bond acceptors (Lipinski definition) is 4. The smallest absolute Gasteiger partial charge is 0.334 e. The lowest BCUT2D eigenvalue weighted by Crippen LogP contribution is -2.31. The van der Waals surface area contributed by atoms with Crippen LogP contribution in [0.4, 0.5) is 14.9 Å². The van der Waals surface area contributed by atoms with Crippen molar-refractivity contribution in [3.63, 3.8) is 0 Å². The topological polar surface area (TPSA) is 83.7 Å². The number of rotatable bonds is 2. The van der Waals surface area contributed by atoms with E-state index < -0.39 is 23.7 Å². The van der Waals surface area contributed by atoms with Gasteiger partial charge < -0.3 is 5.73 Å². The van der Waals surface area contributed by atoms with Crippen molar-refractivity contribution in [2.75, 3.05) is 12.8 Å². The Kier molecular flexibility index (Phi) is 2.74. The molecule has 0 bridgehead atoms. The highest BCUT2D eigenvalue weighted by Gasteiger charge is 2.42. The molecule has 2 rings (SSSR count). The summed E-state index contributed by atoms with van der Waals surface area (Å²) >= 11 is 0. The lowest BCUT2D eigenvalue weighted by molar-refractivity contribution is -0.143. The second kappa shape index (κ2) is 4.10. The number of likely N-dealkylation sites (N-methyl/N-ethyl adjacent to an activating group) is 1. The number of halogens is 1. The number of urea groups is 1. The molecule has 0 saturated carbocycles. The van der Waals surface area contributed by atoms with Crippen LogP contribution in [-0.4, -0.2) is 34.7 Å². The quantitative estimate of drug-likeness (QED) is 0.466. The van der Waals surface area contributed by atoms with Crippen LogP contribution < -0.4 is 5.73 Å². The molecule has 1 saturated heterocycles. The van der Waals surface area contributed by atoms with Gasteiger partial charge in [0.2, 0.25) is 0 Å². The summed E-state index contributed by atoms with van der Waals surface area (Å²) < 4.78 is 13.5. The molecular weight excluding hydrogens is 241 g/mol. The van der Waals surface area contributed by atoms with Crippen LogP contribution in [0.25, 0.3) is 0 Å². The molecule has 1 aliphatic heterocycles. The predicted octanol–water partition coefficient (Wildman–Crippen LogP) is 0.329. The molecule has 2 N–H and O–H groups in total. The molecule has 6 nitrogen and oxygen atoms in total. The third-order valence-corrected chi connectivity index (χ3v) is 2.72. The normalized spacial score (nSPS) is 15.8. The maximum atomic E-state index is 13.5. The third-order valence-electron chi connectivity index (χ3n) is 2.72. The number of hydrogen-bond donors (Lipinski definition) is 1. The van der Waals surface area contributed by atoms with Crippen LogP contribution in [0, 0.1) is 5.82 Å². The Bertz CT molecular complexity index is 538. The Balaban J connectivity index is 2.33.